The molecule has 0 heterocycles. The van der Waals surface area contributed by atoms with Crippen molar-refractivity contribution < 1.29 is 27.1 Å². The zero-order valence-electron chi connectivity index (χ0n) is 13.4. The molecule has 0 aliphatic rings. The van der Waals surface area contributed by atoms with Crippen LogP contribution in [0.4, 0.5) is 10.1 Å². The molecule has 0 saturated heterocycles. The first-order chi connectivity index (χ1) is 11.8. The van der Waals surface area contributed by atoms with Crippen molar-refractivity contribution in [2.75, 3.05) is 18.4 Å². The van der Waals surface area contributed by atoms with Gasteiger partial charge in [-0.05, 0) is 43.3 Å². The van der Waals surface area contributed by atoms with Crippen molar-refractivity contribution in [3.05, 3.63) is 52.8 Å². The number of benzene rings is 2. The van der Waals surface area contributed by atoms with E-state index in [0.717, 1.165) is 12.1 Å². The van der Waals surface area contributed by atoms with Crippen LogP contribution in [0.3, 0.4) is 0 Å². The molecule has 1 N–H and O–H groups in total. The summed E-state index contributed by atoms with van der Waals surface area (Å²) in [5, 5.41) is 0.0184. The Kier molecular flexibility index (Phi) is 5.86. The van der Waals surface area contributed by atoms with Crippen LogP contribution in [0.1, 0.15) is 17.3 Å². The molecule has 9 heteroatoms. The summed E-state index contributed by atoms with van der Waals surface area (Å²) >= 11 is 6.00. The van der Waals surface area contributed by atoms with Crippen LogP contribution in [-0.2, 0) is 14.8 Å². The lowest BCUT2D eigenvalue weighted by atomic mass is 10.2. The van der Waals surface area contributed by atoms with E-state index in [1.807, 2.05) is 0 Å². The van der Waals surface area contributed by atoms with E-state index >= 15 is 0 Å². The zero-order valence-corrected chi connectivity index (χ0v) is 14.9. The second kappa shape index (κ2) is 7.71. The van der Waals surface area contributed by atoms with Crippen LogP contribution < -0.4 is 9.46 Å². The molecule has 2 rings (SSSR count). The first kappa shape index (κ1) is 19.0. The highest BCUT2D eigenvalue weighted by Crippen LogP contribution is 2.28. The summed E-state index contributed by atoms with van der Waals surface area (Å²) < 4.78 is 50.4. The van der Waals surface area contributed by atoms with E-state index in [1.165, 1.54) is 31.4 Å². The second-order valence-electron chi connectivity index (χ2n) is 4.82. The monoisotopic (exact) mass is 387 g/mol. The van der Waals surface area contributed by atoms with E-state index in [4.69, 9.17) is 21.1 Å². The number of rotatable bonds is 6. The van der Waals surface area contributed by atoms with E-state index in [2.05, 4.69) is 4.72 Å². The molecule has 0 aliphatic carbocycles. The maximum atomic E-state index is 13.4. The number of hydrogen-bond donors (Lipinski definition) is 1. The van der Waals surface area contributed by atoms with Crippen molar-refractivity contribution in [3.8, 4) is 5.75 Å². The molecule has 0 fully saturated rings. The third-order valence-corrected chi connectivity index (χ3v) is 4.85. The summed E-state index contributed by atoms with van der Waals surface area (Å²) in [5.74, 6) is -1.35. The van der Waals surface area contributed by atoms with Crippen molar-refractivity contribution in [1.29, 1.82) is 0 Å². The van der Waals surface area contributed by atoms with Gasteiger partial charge in [0.15, 0.2) is 0 Å². The minimum absolute atomic E-state index is 0.0110. The summed E-state index contributed by atoms with van der Waals surface area (Å²) in [6.45, 7) is 1.84. The molecule has 25 heavy (non-hydrogen) atoms. The summed E-state index contributed by atoms with van der Waals surface area (Å²) in [5.41, 5.74) is 0.208. The molecule has 2 aromatic carbocycles. The molecule has 0 bridgehead atoms. The van der Waals surface area contributed by atoms with Crippen molar-refractivity contribution in [2.45, 2.75) is 11.8 Å². The molecule has 0 saturated carbocycles. The summed E-state index contributed by atoms with van der Waals surface area (Å²) in [6, 6.07) is 7.08. The molecular weight excluding hydrogens is 373 g/mol. The first-order valence-electron chi connectivity index (χ1n) is 7.11. The van der Waals surface area contributed by atoms with Crippen molar-refractivity contribution in [3.63, 3.8) is 0 Å². The summed E-state index contributed by atoms with van der Waals surface area (Å²) in [7, 11) is -2.85. The molecule has 0 radical (unpaired) electrons. The van der Waals surface area contributed by atoms with Crippen LogP contribution >= 0.6 is 11.6 Å². The van der Waals surface area contributed by atoms with Crippen molar-refractivity contribution >= 4 is 33.3 Å². The zero-order chi connectivity index (χ0) is 18.6. The summed E-state index contributed by atoms with van der Waals surface area (Å²) in [4.78, 5) is 11.3. The van der Waals surface area contributed by atoms with Gasteiger partial charge in [-0.15, -0.1) is 0 Å². The number of sulfonamides is 1. The Morgan fingerprint density at radius 3 is 2.56 bits per heavy atom. The standard InChI is InChI=1S/C16H15ClFNO5S/c1-3-24-16(20)12-6-5-11(9-13(12)17)19-25(21,22)15-8-10(18)4-7-14(15)23-2/h4-9,19H,3H2,1-2H3. The third kappa shape index (κ3) is 4.40. The Bertz CT molecular complexity index is 901. The number of esters is 1. The van der Waals surface area contributed by atoms with Crippen molar-refractivity contribution in [1.82, 2.24) is 0 Å². The van der Waals surface area contributed by atoms with Gasteiger partial charge in [0.1, 0.15) is 16.5 Å². The average Bonchev–Trinajstić information content (AvgIpc) is 2.54. The predicted molar refractivity (Wildman–Crippen MR) is 91.2 cm³/mol. The van der Waals surface area contributed by atoms with Crippen LogP contribution in [0.25, 0.3) is 0 Å². The number of hydrogen-bond acceptors (Lipinski definition) is 5. The lowest BCUT2D eigenvalue weighted by Gasteiger charge is -2.12. The topological polar surface area (TPSA) is 81.7 Å². The van der Waals surface area contributed by atoms with Crippen LogP contribution in [0.2, 0.25) is 5.02 Å². The van der Waals surface area contributed by atoms with E-state index < -0.39 is 21.8 Å². The molecule has 0 aliphatic heterocycles. The molecule has 0 aromatic heterocycles. The second-order valence-corrected chi connectivity index (χ2v) is 6.87. The quantitative estimate of drug-likeness (QED) is 0.767. The van der Waals surface area contributed by atoms with Gasteiger partial charge in [-0.25, -0.2) is 17.6 Å². The molecule has 0 spiro atoms. The maximum absolute atomic E-state index is 13.4. The fourth-order valence-corrected chi connectivity index (χ4v) is 3.51. The molecule has 0 atom stereocenters. The minimum atomic E-state index is -4.13. The Balaban J connectivity index is 2.34. The van der Waals surface area contributed by atoms with Gasteiger partial charge in [-0.3, -0.25) is 4.72 Å². The van der Waals surface area contributed by atoms with Gasteiger partial charge in [0.2, 0.25) is 0 Å². The number of nitrogens with one attached hydrogen (secondary N) is 1. The molecular formula is C16H15ClFNO5S. The number of methoxy groups -OCH3 is 1. The van der Waals surface area contributed by atoms with Crippen molar-refractivity contribution in [2.24, 2.45) is 0 Å². The van der Waals surface area contributed by atoms with Gasteiger partial charge < -0.3 is 9.47 Å². The van der Waals surface area contributed by atoms with Gasteiger partial charge >= 0.3 is 5.97 Å². The Morgan fingerprint density at radius 2 is 1.96 bits per heavy atom. The van der Waals surface area contributed by atoms with Gasteiger partial charge in [-0.1, -0.05) is 11.6 Å². The van der Waals surface area contributed by atoms with Crippen LogP contribution in [-0.4, -0.2) is 28.1 Å². The molecule has 134 valence electrons. The molecule has 6 nitrogen and oxygen atoms in total. The number of carbonyl (C=O) groups excluding carboxylic acids is 1. The number of carbonyl (C=O) groups is 1. The third-order valence-electron chi connectivity index (χ3n) is 3.13. The van der Waals surface area contributed by atoms with Gasteiger partial charge in [0, 0.05) is 0 Å². The van der Waals surface area contributed by atoms with E-state index in [0.29, 0.717) is 0 Å². The van der Waals surface area contributed by atoms with E-state index in [1.54, 1.807) is 6.92 Å². The van der Waals surface area contributed by atoms with Gasteiger partial charge in [-0.2, -0.15) is 0 Å². The average molecular weight is 388 g/mol. The number of anilines is 1. The largest absolute Gasteiger partial charge is 0.495 e. The minimum Gasteiger partial charge on any atom is -0.495 e. The number of ether oxygens (including phenoxy) is 2. The lowest BCUT2D eigenvalue weighted by molar-refractivity contribution is 0.0526. The fourth-order valence-electron chi connectivity index (χ4n) is 2.02. The fraction of sp³-hybridized carbons (Fsp3) is 0.188. The van der Waals surface area contributed by atoms with Crippen LogP contribution in [0.15, 0.2) is 41.3 Å². The highest BCUT2D eigenvalue weighted by Gasteiger charge is 2.21. The molecule has 0 unspecified atom stereocenters. The van der Waals surface area contributed by atoms with Crippen LogP contribution in [0, 0.1) is 5.82 Å². The van der Waals surface area contributed by atoms with E-state index in [-0.39, 0.29) is 33.5 Å². The van der Waals surface area contributed by atoms with Gasteiger partial charge in [0.25, 0.3) is 10.0 Å². The summed E-state index contributed by atoms with van der Waals surface area (Å²) in [6.07, 6.45) is 0. The molecule has 2 aromatic rings. The molecule has 0 amide bonds. The van der Waals surface area contributed by atoms with Gasteiger partial charge in [0.05, 0.1) is 30.0 Å². The Morgan fingerprint density at radius 1 is 1.24 bits per heavy atom. The predicted octanol–water partition coefficient (Wildman–Crippen LogP) is 3.47. The maximum Gasteiger partial charge on any atom is 0.339 e. The normalized spacial score (nSPS) is 11.0. The highest BCUT2D eigenvalue weighted by molar-refractivity contribution is 7.92. The smallest absolute Gasteiger partial charge is 0.339 e. The lowest BCUT2D eigenvalue weighted by Crippen LogP contribution is -2.15. The Labute approximate surface area is 149 Å². The Hall–Kier alpha value is -2.32. The SMILES string of the molecule is CCOC(=O)c1ccc(NS(=O)(=O)c2cc(F)ccc2OC)cc1Cl. The number of halogens is 2. The van der Waals surface area contributed by atoms with E-state index in [9.17, 15) is 17.6 Å². The first-order valence-corrected chi connectivity index (χ1v) is 8.97. The van der Waals surface area contributed by atoms with Crippen LogP contribution in [0.5, 0.6) is 5.75 Å². The highest BCUT2D eigenvalue weighted by atomic mass is 35.5.